The number of Topliss-reactive ketones (excluding diaryl/α,β-unsaturated/α-hetero) is 1. The van der Waals surface area contributed by atoms with E-state index in [1.165, 1.54) is 6.92 Å². The topological polar surface area (TPSA) is 66.5 Å². The van der Waals surface area contributed by atoms with E-state index in [4.69, 9.17) is 46.4 Å². The summed E-state index contributed by atoms with van der Waals surface area (Å²) < 4.78 is 0. The first-order valence-corrected chi connectivity index (χ1v) is 11.5. The van der Waals surface area contributed by atoms with Gasteiger partial charge >= 0.3 is 0 Å². The Labute approximate surface area is 211 Å². The average molecular weight is 526 g/mol. The van der Waals surface area contributed by atoms with E-state index in [1.807, 2.05) is 0 Å². The number of benzene rings is 2. The Bertz CT molecular complexity index is 1100. The van der Waals surface area contributed by atoms with E-state index in [2.05, 4.69) is 5.32 Å². The van der Waals surface area contributed by atoms with Crippen molar-refractivity contribution in [2.45, 2.75) is 13.3 Å². The molecular weight excluding hydrogens is 506 g/mol. The standard InChI is InChI=1S/C24H20Cl4N2O3/c1-14(31)29-7-6-23(32)30-12-17(8-15-2-4-19(25)21(27)10-15)24(33)18(13-30)9-16-3-5-20(26)22(28)11-16/h2-5,8-11H,6-7,12-13H2,1H3,(H,29,31)/b17-8+,18-9+. The molecule has 172 valence electrons. The normalized spacial score (nSPS) is 16.4. The molecule has 1 aliphatic rings. The van der Waals surface area contributed by atoms with Crippen LogP contribution >= 0.6 is 46.4 Å². The SMILES string of the molecule is CC(=O)NCCC(=O)N1C/C(=C\c2ccc(Cl)c(Cl)c2)C(=O)/C(=C/c2ccc(Cl)c(Cl)c2)C1. The van der Waals surface area contributed by atoms with Gasteiger partial charge in [0.2, 0.25) is 11.8 Å². The maximum absolute atomic E-state index is 13.3. The predicted molar refractivity (Wildman–Crippen MR) is 134 cm³/mol. The van der Waals surface area contributed by atoms with Crippen LogP contribution in [-0.4, -0.2) is 42.1 Å². The number of nitrogens with zero attached hydrogens (tertiary/aromatic N) is 1. The molecule has 0 unspecified atom stereocenters. The monoisotopic (exact) mass is 524 g/mol. The molecule has 2 amide bonds. The fourth-order valence-corrected chi connectivity index (χ4v) is 3.94. The minimum atomic E-state index is -0.211. The fourth-order valence-electron chi connectivity index (χ4n) is 3.33. The summed E-state index contributed by atoms with van der Waals surface area (Å²) in [4.78, 5) is 38.8. The van der Waals surface area contributed by atoms with Gasteiger partial charge in [0.15, 0.2) is 5.78 Å². The summed E-state index contributed by atoms with van der Waals surface area (Å²) in [5.74, 6) is -0.577. The number of carbonyl (C=O) groups is 3. The quantitative estimate of drug-likeness (QED) is 0.509. The molecule has 1 saturated heterocycles. The van der Waals surface area contributed by atoms with Crippen LogP contribution in [0.25, 0.3) is 12.2 Å². The predicted octanol–water partition coefficient (Wildman–Crippen LogP) is 5.70. The second kappa shape index (κ2) is 11.2. The molecule has 0 aliphatic carbocycles. The lowest BCUT2D eigenvalue weighted by atomic mass is 9.94. The van der Waals surface area contributed by atoms with E-state index in [0.29, 0.717) is 42.4 Å². The number of hydrogen-bond donors (Lipinski definition) is 1. The molecule has 0 radical (unpaired) electrons. The molecule has 2 aromatic rings. The minimum Gasteiger partial charge on any atom is -0.356 e. The zero-order valence-corrected chi connectivity index (χ0v) is 20.7. The number of carbonyl (C=O) groups excluding carboxylic acids is 3. The lowest BCUT2D eigenvalue weighted by Gasteiger charge is -2.30. The van der Waals surface area contributed by atoms with Gasteiger partial charge in [-0.25, -0.2) is 0 Å². The van der Waals surface area contributed by atoms with Gasteiger partial charge in [-0.1, -0.05) is 58.5 Å². The van der Waals surface area contributed by atoms with Crippen molar-refractivity contribution in [2.24, 2.45) is 0 Å². The minimum absolute atomic E-state index is 0.119. The van der Waals surface area contributed by atoms with Crippen molar-refractivity contribution in [3.05, 3.63) is 78.8 Å². The molecule has 33 heavy (non-hydrogen) atoms. The molecule has 1 heterocycles. The Morgan fingerprint density at radius 2 is 1.36 bits per heavy atom. The zero-order valence-electron chi connectivity index (χ0n) is 17.6. The summed E-state index contributed by atoms with van der Waals surface area (Å²) in [6, 6.07) is 10.1. The van der Waals surface area contributed by atoms with Crippen LogP contribution in [0, 0.1) is 0 Å². The molecule has 9 heteroatoms. The molecule has 0 spiro atoms. The van der Waals surface area contributed by atoms with Gasteiger partial charge in [0.05, 0.1) is 20.1 Å². The van der Waals surface area contributed by atoms with Crippen molar-refractivity contribution >= 4 is 76.2 Å². The van der Waals surface area contributed by atoms with Crippen LogP contribution in [0.1, 0.15) is 24.5 Å². The van der Waals surface area contributed by atoms with Crippen molar-refractivity contribution < 1.29 is 14.4 Å². The number of halogens is 4. The van der Waals surface area contributed by atoms with Crippen LogP contribution in [0.5, 0.6) is 0 Å². The molecule has 1 fully saturated rings. The summed E-state index contributed by atoms with van der Waals surface area (Å²) >= 11 is 24.2. The lowest BCUT2D eigenvalue weighted by molar-refractivity contribution is -0.131. The fraction of sp³-hybridized carbons (Fsp3) is 0.208. The number of likely N-dealkylation sites (tertiary alicyclic amines) is 1. The molecule has 0 bridgehead atoms. The third-order valence-corrected chi connectivity index (χ3v) is 6.42. The van der Waals surface area contributed by atoms with Crippen LogP contribution in [-0.2, 0) is 14.4 Å². The molecule has 0 atom stereocenters. The maximum Gasteiger partial charge on any atom is 0.224 e. The van der Waals surface area contributed by atoms with E-state index in [1.54, 1.807) is 53.5 Å². The van der Waals surface area contributed by atoms with Crippen molar-refractivity contribution in [2.75, 3.05) is 19.6 Å². The highest BCUT2D eigenvalue weighted by Gasteiger charge is 2.29. The van der Waals surface area contributed by atoms with Crippen LogP contribution in [0.4, 0.5) is 0 Å². The third kappa shape index (κ3) is 6.84. The van der Waals surface area contributed by atoms with E-state index >= 15 is 0 Å². The number of hydrogen-bond acceptors (Lipinski definition) is 3. The smallest absolute Gasteiger partial charge is 0.224 e. The summed E-state index contributed by atoms with van der Waals surface area (Å²) in [5, 5.41) is 4.15. The Morgan fingerprint density at radius 1 is 0.879 bits per heavy atom. The first-order chi connectivity index (χ1) is 15.6. The van der Waals surface area contributed by atoms with Crippen LogP contribution < -0.4 is 5.32 Å². The number of amides is 2. The summed E-state index contributed by atoms with van der Waals surface area (Å²) in [5.41, 5.74) is 2.24. The van der Waals surface area contributed by atoms with Crippen molar-refractivity contribution in [1.82, 2.24) is 10.2 Å². The second-order valence-electron chi connectivity index (χ2n) is 7.50. The first kappa shape index (κ1) is 25.3. The first-order valence-electron chi connectivity index (χ1n) is 10.0. The Balaban J connectivity index is 1.95. The summed E-state index contributed by atoms with van der Waals surface area (Å²) in [6.07, 6.45) is 3.51. The zero-order chi connectivity index (χ0) is 24.1. The Morgan fingerprint density at radius 3 is 1.79 bits per heavy atom. The van der Waals surface area contributed by atoms with Gasteiger partial charge in [-0.15, -0.1) is 0 Å². The van der Waals surface area contributed by atoms with Gasteiger partial charge in [-0.2, -0.15) is 0 Å². The van der Waals surface area contributed by atoms with Gasteiger partial charge < -0.3 is 10.2 Å². The van der Waals surface area contributed by atoms with Crippen LogP contribution in [0.3, 0.4) is 0 Å². The van der Waals surface area contributed by atoms with E-state index in [0.717, 1.165) is 0 Å². The Kier molecular flexibility index (Phi) is 8.60. The molecule has 3 rings (SSSR count). The average Bonchev–Trinajstić information content (AvgIpc) is 2.75. The third-order valence-electron chi connectivity index (χ3n) is 4.94. The van der Waals surface area contributed by atoms with E-state index in [9.17, 15) is 14.4 Å². The van der Waals surface area contributed by atoms with Crippen molar-refractivity contribution in [1.29, 1.82) is 0 Å². The molecule has 1 aliphatic heterocycles. The molecule has 1 N–H and O–H groups in total. The van der Waals surface area contributed by atoms with E-state index < -0.39 is 0 Å². The molecule has 5 nitrogen and oxygen atoms in total. The highest BCUT2D eigenvalue weighted by Crippen LogP contribution is 2.28. The van der Waals surface area contributed by atoms with Gasteiger partial charge in [0.1, 0.15) is 0 Å². The maximum atomic E-state index is 13.3. The lowest BCUT2D eigenvalue weighted by Crippen LogP contribution is -2.42. The molecular formula is C24H20Cl4N2O3. The van der Waals surface area contributed by atoms with Gasteiger partial charge in [-0.3, -0.25) is 14.4 Å². The van der Waals surface area contributed by atoms with Gasteiger partial charge in [-0.05, 0) is 47.5 Å². The van der Waals surface area contributed by atoms with Crippen LogP contribution in [0.15, 0.2) is 47.5 Å². The van der Waals surface area contributed by atoms with E-state index in [-0.39, 0.29) is 43.7 Å². The highest BCUT2D eigenvalue weighted by molar-refractivity contribution is 6.42. The summed E-state index contributed by atoms with van der Waals surface area (Å²) in [6.45, 7) is 1.88. The van der Waals surface area contributed by atoms with Gasteiger partial charge in [0.25, 0.3) is 0 Å². The number of rotatable bonds is 5. The van der Waals surface area contributed by atoms with Gasteiger partial charge in [0, 0.05) is 44.1 Å². The number of piperidine rings is 1. The van der Waals surface area contributed by atoms with Crippen LogP contribution in [0.2, 0.25) is 20.1 Å². The highest BCUT2D eigenvalue weighted by atomic mass is 35.5. The largest absolute Gasteiger partial charge is 0.356 e. The number of nitrogens with one attached hydrogen (secondary N) is 1. The molecule has 2 aromatic carbocycles. The molecule has 0 saturated carbocycles. The number of ketones is 1. The molecule has 0 aromatic heterocycles. The van der Waals surface area contributed by atoms with Crippen molar-refractivity contribution in [3.8, 4) is 0 Å². The second-order valence-corrected chi connectivity index (χ2v) is 9.13. The van der Waals surface area contributed by atoms with Crippen molar-refractivity contribution in [3.63, 3.8) is 0 Å². The Hall–Kier alpha value is -2.31. The summed E-state index contributed by atoms with van der Waals surface area (Å²) in [7, 11) is 0.